The highest BCUT2D eigenvalue weighted by atomic mass is 16.5. The first-order chi connectivity index (χ1) is 9.71. The van der Waals surface area contributed by atoms with Gasteiger partial charge in [-0.3, -0.25) is 0 Å². The highest BCUT2D eigenvalue weighted by molar-refractivity contribution is 5.42. The minimum Gasteiger partial charge on any atom is -0.493 e. The van der Waals surface area contributed by atoms with Gasteiger partial charge in [-0.05, 0) is 36.5 Å². The van der Waals surface area contributed by atoms with E-state index in [4.69, 9.17) is 9.47 Å². The van der Waals surface area contributed by atoms with Crippen molar-refractivity contribution in [2.24, 2.45) is 5.92 Å². The van der Waals surface area contributed by atoms with Crippen molar-refractivity contribution in [3.8, 4) is 11.5 Å². The fraction of sp³-hybridized carbons (Fsp3) is 0.667. The largest absolute Gasteiger partial charge is 0.493 e. The number of ether oxygens (including phenoxy) is 2. The first-order valence-electron chi connectivity index (χ1n) is 7.92. The Bertz CT molecular complexity index is 374. The molecule has 1 aromatic rings. The fourth-order valence-corrected chi connectivity index (χ4v) is 2.42. The normalized spacial score (nSPS) is 12.2. The maximum Gasteiger partial charge on any atom is 0.160 e. The average molecular weight is 278 g/mol. The van der Waals surface area contributed by atoms with E-state index >= 15 is 0 Å². The van der Waals surface area contributed by atoms with Crippen LogP contribution >= 0.6 is 0 Å². The zero-order valence-electron chi connectivity index (χ0n) is 13.6. The van der Waals surface area contributed by atoms with Crippen molar-refractivity contribution in [3.05, 3.63) is 23.8 Å². The summed E-state index contributed by atoms with van der Waals surface area (Å²) in [6, 6.07) is 6.23. The summed E-state index contributed by atoms with van der Waals surface area (Å²) in [5.74, 6) is 2.53. The highest BCUT2D eigenvalue weighted by Crippen LogP contribution is 2.28. The maximum atomic E-state index is 5.34. The van der Waals surface area contributed by atoms with Gasteiger partial charge in [0, 0.05) is 0 Å². The summed E-state index contributed by atoms with van der Waals surface area (Å²) in [4.78, 5) is 0. The van der Waals surface area contributed by atoms with Crippen molar-refractivity contribution in [3.63, 3.8) is 0 Å². The van der Waals surface area contributed by atoms with Gasteiger partial charge in [0.25, 0.3) is 0 Å². The minimum atomic E-state index is 0.810. The summed E-state index contributed by atoms with van der Waals surface area (Å²) in [6.07, 6.45) is 9.14. The molecule has 1 aromatic carbocycles. The Hall–Kier alpha value is -1.18. The van der Waals surface area contributed by atoms with Crippen LogP contribution in [0.25, 0.3) is 0 Å². The van der Waals surface area contributed by atoms with Crippen molar-refractivity contribution in [2.45, 2.75) is 58.8 Å². The van der Waals surface area contributed by atoms with Crippen LogP contribution in [-0.2, 0) is 6.42 Å². The van der Waals surface area contributed by atoms with Gasteiger partial charge in [-0.1, -0.05) is 52.0 Å². The van der Waals surface area contributed by atoms with Gasteiger partial charge < -0.3 is 9.47 Å². The number of rotatable bonds is 10. The molecule has 0 aliphatic carbocycles. The smallest absolute Gasteiger partial charge is 0.160 e. The number of aryl methyl sites for hydroxylation is 1. The lowest BCUT2D eigenvalue weighted by molar-refractivity contribution is 0.354. The number of hydrogen-bond donors (Lipinski definition) is 0. The molecule has 0 saturated heterocycles. The average Bonchev–Trinajstić information content (AvgIpc) is 2.49. The Morgan fingerprint density at radius 2 is 1.65 bits per heavy atom. The van der Waals surface area contributed by atoms with Gasteiger partial charge in [0.05, 0.1) is 14.2 Å². The Morgan fingerprint density at radius 1 is 0.950 bits per heavy atom. The van der Waals surface area contributed by atoms with Gasteiger partial charge >= 0.3 is 0 Å². The van der Waals surface area contributed by atoms with Crippen LogP contribution in [0.2, 0.25) is 0 Å². The highest BCUT2D eigenvalue weighted by Gasteiger charge is 2.04. The molecule has 0 spiro atoms. The molecule has 0 amide bonds. The molecule has 0 N–H and O–H groups in total. The second-order valence-corrected chi connectivity index (χ2v) is 5.66. The van der Waals surface area contributed by atoms with Crippen LogP contribution in [0.3, 0.4) is 0 Å². The second-order valence-electron chi connectivity index (χ2n) is 5.66. The summed E-state index contributed by atoms with van der Waals surface area (Å²) < 4.78 is 10.6. The summed E-state index contributed by atoms with van der Waals surface area (Å²) in [5, 5.41) is 0. The van der Waals surface area contributed by atoms with Crippen molar-refractivity contribution < 1.29 is 9.47 Å². The van der Waals surface area contributed by atoms with Crippen molar-refractivity contribution in [1.29, 1.82) is 0 Å². The molecule has 0 aliphatic rings. The third-order valence-electron chi connectivity index (χ3n) is 4.06. The Balaban J connectivity index is 2.25. The quantitative estimate of drug-likeness (QED) is 0.545. The number of hydrogen-bond acceptors (Lipinski definition) is 2. The van der Waals surface area contributed by atoms with Gasteiger partial charge in [0.2, 0.25) is 0 Å². The lowest BCUT2D eigenvalue weighted by Crippen LogP contribution is -1.94. The van der Waals surface area contributed by atoms with Crippen LogP contribution in [-0.4, -0.2) is 14.2 Å². The van der Waals surface area contributed by atoms with Crippen LogP contribution in [0.1, 0.15) is 57.9 Å². The summed E-state index contributed by atoms with van der Waals surface area (Å²) >= 11 is 0. The number of methoxy groups -OCH3 is 2. The molecule has 0 aliphatic heterocycles. The zero-order valence-corrected chi connectivity index (χ0v) is 13.6. The molecule has 0 radical (unpaired) electrons. The minimum absolute atomic E-state index is 0.810. The number of unbranched alkanes of at least 4 members (excludes halogenated alkanes) is 3. The fourth-order valence-electron chi connectivity index (χ4n) is 2.42. The molecule has 1 rings (SSSR count). The van der Waals surface area contributed by atoms with Crippen molar-refractivity contribution in [2.75, 3.05) is 14.2 Å². The predicted molar refractivity (Wildman–Crippen MR) is 85.8 cm³/mol. The molecule has 0 saturated carbocycles. The molecule has 114 valence electrons. The zero-order chi connectivity index (χ0) is 14.8. The Kier molecular flexibility index (Phi) is 8.17. The van der Waals surface area contributed by atoms with Crippen molar-refractivity contribution >= 4 is 0 Å². The van der Waals surface area contributed by atoms with E-state index in [0.717, 1.165) is 23.8 Å². The van der Waals surface area contributed by atoms with Gasteiger partial charge in [-0.25, -0.2) is 0 Å². The monoisotopic (exact) mass is 278 g/mol. The van der Waals surface area contributed by atoms with Crippen LogP contribution in [0.15, 0.2) is 18.2 Å². The maximum absolute atomic E-state index is 5.34. The van der Waals surface area contributed by atoms with Crippen LogP contribution < -0.4 is 9.47 Å². The molecule has 1 unspecified atom stereocenters. The SMILES string of the molecule is CCC(C)CCCCCCc1ccc(OC)c(OC)c1. The van der Waals surface area contributed by atoms with E-state index in [-0.39, 0.29) is 0 Å². The molecule has 20 heavy (non-hydrogen) atoms. The first-order valence-corrected chi connectivity index (χ1v) is 7.92. The van der Waals surface area contributed by atoms with E-state index in [1.54, 1.807) is 14.2 Å². The second kappa shape index (κ2) is 9.68. The molecule has 0 fully saturated rings. The van der Waals surface area contributed by atoms with Crippen molar-refractivity contribution in [1.82, 2.24) is 0 Å². The van der Waals surface area contributed by atoms with Gasteiger partial charge in [0.15, 0.2) is 11.5 Å². The molecule has 2 heteroatoms. The van der Waals surface area contributed by atoms with Crippen LogP contribution in [0.5, 0.6) is 11.5 Å². The van der Waals surface area contributed by atoms with E-state index in [1.165, 1.54) is 44.1 Å². The molecule has 0 aromatic heterocycles. The van der Waals surface area contributed by atoms with E-state index in [0.29, 0.717) is 0 Å². The lowest BCUT2D eigenvalue weighted by atomic mass is 9.99. The topological polar surface area (TPSA) is 18.5 Å². The third-order valence-corrected chi connectivity index (χ3v) is 4.06. The van der Waals surface area contributed by atoms with Crippen LogP contribution in [0, 0.1) is 5.92 Å². The van der Waals surface area contributed by atoms with Gasteiger partial charge in [0.1, 0.15) is 0 Å². The number of benzene rings is 1. The van der Waals surface area contributed by atoms with E-state index in [2.05, 4.69) is 26.0 Å². The Labute approximate surface area is 124 Å². The molecule has 0 heterocycles. The molecular weight excluding hydrogens is 248 g/mol. The van der Waals surface area contributed by atoms with Crippen LogP contribution in [0.4, 0.5) is 0 Å². The molecule has 1 atom stereocenters. The van der Waals surface area contributed by atoms with E-state index in [9.17, 15) is 0 Å². The predicted octanol–water partition coefficient (Wildman–Crippen LogP) is 5.24. The van der Waals surface area contributed by atoms with E-state index in [1.807, 2.05) is 6.07 Å². The van der Waals surface area contributed by atoms with Gasteiger partial charge in [-0.2, -0.15) is 0 Å². The van der Waals surface area contributed by atoms with E-state index < -0.39 is 0 Å². The summed E-state index contributed by atoms with van der Waals surface area (Å²) in [6.45, 7) is 4.63. The Morgan fingerprint density at radius 3 is 2.30 bits per heavy atom. The standard InChI is InChI=1S/C18H30O2/c1-5-15(2)10-8-6-7-9-11-16-12-13-17(19-3)18(14-16)20-4/h12-15H,5-11H2,1-4H3. The lowest BCUT2D eigenvalue weighted by Gasteiger charge is -2.10. The van der Waals surface area contributed by atoms with Gasteiger partial charge in [-0.15, -0.1) is 0 Å². The first kappa shape index (κ1) is 16.9. The third kappa shape index (κ3) is 5.85. The summed E-state index contributed by atoms with van der Waals surface area (Å²) in [7, 11) is 3.37. The molecule has 0 bridgehead atoms. The molecular formula is C18H30O2. The summed E-state index contributed by atoms with van der Waals surface area (Å²) in [5.41, 5.74) is 1.34. The molecule has 2 nitrogen and oxygen atoms in total.